The highest BCUT2D eigenvalue weighted by atomic mass is 16.5. The van der Waals surface area contributed by atoms with Gasteiger partial charge in [-0.3, -0.25) is 9.59 Å². The smallest absolute Gasteiger partial charge is 0.324 e. The van der Waals surface area contributed by atoms with Crippen LogP contribution in [0, 0.1) is 5.92 Å². The zero-order valence-corrected chi connectivity index (χ0v) is 8.79. The van der Waals surface area contributed by atoms with E-state index in [4.69, 9.17) is 4.74 Å². The molecule has 2 N–H and O–H groups in total. The van der Waals surface area contributed by atoms with Gasteiger partial charge in [0.15, 0.2) is 5.78 Å². The Kier molecular flexibility index (Phi) is 3.02. The van der Waals surface area contributed by atoms with Crippen LogP contribution in [0.5, 0.6) is 0 Å². The molecule has 84 valence electrons. The molecule has 0 aromatic heterocycles. The summed E-state index contributed by atoms with van der Waals surface area (Å²) >= 11 is 0. The van der Waals surface area contributed by atoms with Crippen LogP contribution in [0.15, 0.2) is 0 Å². The van der Waals surface area contributed by atoms with Crippen LogP contribution >= 0.6 is 0 Å². The summed E-state index contributed by atoms with van der Waals surface area (Å²) in [4.78, 5) is 23.1. The van der Waals surface area contributed by atoms with Gasteiger partial charge in [-0.25, -0.2) is 10.9 Å². The molecule has 2 aliphatic rings. The van der Waals surface area contributed by atoms with Crippen molar-refractivity contribution in [2.24, 2.45) is 5.92 Å². The van der Waals surface area contributed by atoms with Crippen LogP contribution < -0.4 is 10.9 Å². The number of ether oxygens (including phenoxy) is 1. The summed E-state index contributed by atoms with van der Waals surface area (Å²) in [5.74, 6) is 0.00282. The van der Waals surface area contributed by atoms with Crippen molar-refractivity contribution in [2.45, 2.75) is 38.3 Å². The lowest BCUT2D eigenvalue weighted by atomic mass is 9.81. The molecule has 3 atom stereocenters. The number of carbonyl (C=O) groups is 2. The molecule has 0 aromatic rings. The first kappa shape index (κ1) is 10.6. The largest absolute Gasteiger partial charge is 0.465 e. The highest BCUT2D eigenvalue weighted by Crippen LogP contribution is 2.28. The summed E-state index contributed by atoms with van der Waals surface area (Å²) in [6.07, 6.45) is 2.39. The average molecular weight is 212 g/mol. The molecule has 1 aliphatic heterocycles. The van der Waals surface area contributed by atoms with Gasteiger partial charge in [0, 0.05) is 12.3 Å². The van der Waals surface area contributed by atoms with Gasteiger partial charge in [-0.2, -0.15) is 0 Å². The minimum Gasteiger partial charge on any atom is -0.465 e. The second kappa shape index (κ2) is 4.28. The van der Waals surface area contributed by atoms with Crippen LogP contribution in [-0.4, -0.2) is 30.4 Å². The number of carbonyl (C=O) groups excluding carboxylic acids is 2. The summed E-state index contributed by atoms with van der Waals surface area (Å²) in [5.41, 5.74) is 5.77. The Bertz CT molecular complexity index is 280. The molecule has 0 aromatic carbocycles. The van der Waals surface area contributed by atoms with Gasteiger partial charge in [0.25, 0.3) is 0 Å². The van der Waals surface area contributed by atoms with Crippen LogP contribution in [-0.2, 0) is 14.3 Å². The van der Waals surface area contributed by atoms with Gasteiger partial charge in [-0.05, 0) is 19.8 Å². The number of hydrazine groups is 1. The number of fused-ring (bicyclic) bond motifs is 1. The number of hydrogen-bond donors (Lipinski definition) is 2. The lowest BCUT2D eigenvalue weighted by Crippen LogP contribution is -2.40. The molecule has 2 fully saturated rings. The molecule has 1 saturated carbocycles. The van der Waals surface area contributed by atoms with Crippen molar-refractivity contribution in [3.63, 3.8) is 0 Å². The van der Waals surface area contributed by atoms with E-state index in [1.54, 1.807) is 6.92 Å². The van der Waals surface area contributed by atoms with Gasteiger partial charge in [-0.1, -0.05) is 0 Å². The topological polar surface area (TPSA) is 67.4 Å². The molecule has 5 heteroatoms. The van der Waals surface area contributed by atoms with Crippen LogP contribution in [0.3, 0.4) is 0 Å². The molecule has 0 bridgehead atoms. The predicted octanol–water partition coefficient (Wildman–Crippen LogP) is -0.236. The zero-order chi connectivity index (χ0) is 10.8. The SMILES string of the molecule is CCOC(=O)C1NNC2C(=O)CCCC21. The van der Waals surface area contributed by atoms with Gasteiger partial charge >= 0.3 is 5.97 Å². The predicted molar refractivity (Wildman–Crippen MR) is 52.8 cm³/mol. The second-order valence-electron chi connectivity index (χ2n) is 4.02. The quantitative estimate of drug-likeness (QED) is 0.619. The normalized spacial score (nSPS) is 35.0. The van der Waals surface area contributed by atoms with Crippen LogP contribution in [0.25, 0.3) is 0 Å². The lowest BCUT2D eigenvalue weighted by Gasteiger charge is -2.24. The average Bonchev–Trinajstić information content (AvgIpc) is 2.63. The highest BCUT2D eigenvalue weighted by molar-refractivity contribution is 5.87. The Morgan fingerprint density at radius 3 is 3.07 bits per heavy atom. The molecule has 1 aliphatic carbocycles. The van der Waals surface area contributed by atoms with E-state index in [-0.39, 0.29) is 29.8 Å². The van der Waals surface area contributed by atoms with Crippen molar-refractivity contribution >= 4 is 11.8 Å². The van der Waals surface area contributed by atoms with Gasteiger partial charge in [0.1, 0.15) is 6.04 Å². The summed E-state index contributed by atoms with van der Waals surface area (Å²) < 4.78 is 4.96. The summed E-state index contributed by atoms with van der Waals surface area (Å²) in [6.45, 7) is 2.16. The Balaban J connectivity index is 2.04. The van der Waals surface area contributed by atoms with Crippen molar-refractivity contribution in [3.8, 4) is 0 Å². The van der Waals surface area contributed by atoms with E-state index in [1.165, 1.54) is 0 Å². The number of Topliss-reactive ketones (excluding diaryl/α,β-unsaturated/α-hetero) is 1. The Morgan fingerprint density at radius 1 is 1.53 bits per heavy atom. The number of nitrogens with one attached hydrogen (secondary N) is 2. The summed E-state index contributed by atoms with van der Waals surface area (Å²) in [5, 5.41) is 0. The number of ketones is 1. The minimum absolute atomic E-state index is 0.0605. The zero-order valence-electron chi connectivity index (χ0n) is 8.79. The van der Waals surface area contributed by atoms with Crippen molar-refractivity contribution in [1.82, 2.24) is 10.9 Å². The third kappa shape index (κ3) is 1.89. The molecule has 15 heavy (non-hydrogen) atoms. The molecular formula is C10H16N2O3. The Labute approximate surface area is 88.5 Å². The maximum atomic E-state index is 11.6. The van der Waals surface area contributed by atoms with Crippen molar-refractivity contribution in [3.05, 3.63) is 0 Å². The van der Waals surface area contributed by atoms with E-state index in [9.17, 15) is 9.59 Å². The maximum Gasteiger partial charge on any atom is 0.324 e. The van der Waals surface area contributed by atoms with E-state index in [2.05, 4.69) is 10.9 Å². The fraction of sp³-hybridized carbons (Fsp3) is 0.800. The van der Waals surface area contributed by atoms with Gasteiger partial charge in [-0.15, -0.1) is 0 Å². The standard InChI is InChI=1S/C10H16N2O3/c1-2-15-10(14)9-6-4-3-5-7(13)8(6)11-12-9/h6,8-9,11-12H,2-5H2,1H3. The van der Waals surface area contributed by atoms with Crippen LogP contribution in [0.4, 0.5) is 0 Å². The van der Waals surface area contributed by atoms with E-state index in [1.807, 2.05) is 0 Å². The number of esters is 1. The monoisotopic (exact) mass is 212 g/mol. The molecular weight excluding hydrogens is 196 g/mol. The van der Waals surface area contributed by atoms with Gasteiger partial charge < -0.3 is 4.74 Å². The van der Waals surface area contributed by atoms with Crippen molar-refractivity contribution in [2.75, 3.05) is 6.61 Å². The fourth-order valence-corrected chi connectivity index (χ4v) is 2.37. The van der Waals surface area contributed by atoms with Crippen molar-refractivity contribution in [1.29, 1.82) is 0 Å². The van der Waals surface area contributed by atoms with Crippen LogP contribution in [0.1, 0.15) is 26.2 Å². The third-order valence-electron chi connectivity index (χ3n) is 3.10. The molecule has 1 saturated heterocycles. The van der Waals surface area contributed by atoms with Gasteiger partial charge in [0.2, 0.25) is 0 Å². The van der Waals surface area contributed by atoms with Gasteiger partial charge in [0.05, 0.1) is 12.6 Å². The van der Waals surface area contributed by atoms with E-state index in [0.29, 0.717) is 13.0 Å². The Hall–Kier alpha value is -0.940. The molecule has 2 rings (SSSR count). The summed E-state index contributed by atoms with van der Waals surface area (Å²) in [6, 6.07) is -0.563. The lowest BCUT2D eigenvalue weighted by molar-refractivity contribution is -0.146. The first-order valence-electron chi connectivity index (χ1n) is 5.44. The maximum absolute atomic E-state index is 11.6. The molecule has 5 nitrogen and oxygen atoms in total. The second-order valence-corrected chi connectivity index (χ2v) is 4.02. The fourth-order valence-electron chi connectivity index (χ4n) is 2.37. The molecule has 0 radical (unpaired) electrons. The Morgan fingerprint density at radius 2 is 2.33 bits per heavy atom. The molecule has 0 spiro atoms. The summed E-state index contributed by atoms with van der Waals surface area (Å²) in [7, 11) is 0. The first-order valence-corrected chi connectivity index (χ1v) is 5.44. The van der Waals surface area contributed by atoms with Crippen molar-refractivity contribution < 1.29 is 14.3 Å². The highest BCUT2D eigenvalue weighted by Gasteiger charge is 2.45. The number of rotatable bonds is 2. The van der Waals surface area contributed by atoms with E-state index < -0.39 is 0 Å². The minimum atomic E-state index is -0.362. The first-order chi connectivity index (χ1) is 7.24. The van der Waals surface area contributed by atoms with E-state index in [0.717, 1.165) is 12.8 Å². The third-order valence-corrected chi connectivity index (χ3v) is 3.10. The molecule has 3 unspecified atom stereocenters. The molecule has 0 amide bonds. The van der Waals surface area contributed by atoms with Crippen LogP contribution in [0.2, 0.25) is 0 Å². The van der Waals surface area contributed by atoms with E-state index >= 15 is 0 Å². The number of hydrogen-bond acceptors (Lipinski definition) is 5. The molecule has 1 heterocycles.